The Bertz CT molecular complexity index is 313. The van der Waals surface area contributed by atoms with Crippen LogP contribution in [0, 0.1) is 0 Å². The molecule has 2 saturated heterocycles. The Balaban J connectivity index is 2.32. The number of ether oxygens (including phenoxy) is 2. The fourth-order valence-corrected chi connectivity index (χ4v) is 1.34. The second-order valence-corrected chi connectivity index (χ2v) is 4.04. The van der Waals surface area contributed by atoms with Crippen molar-refractivity contribution in [2.45, 2.75) is 35.9 Å². The van der Waals surface area contributed by atoms with Crippen LogP contribution >= 0.6 is 0 Å². The minimum atomic E-state index is -6.24. The molecule has 2 fully saturated rings. The molecule has 0 aromatic heterocycles. The molecule has 2 aliphatic heterocycles. The summed E-state index contributed by atoms with van der Waals surface area (Å²) in [6.45, 7) is -1.77. The van der Waals surface area contributed by atoms with E-state index >= 15 is 0 Å². The van der Waals surface area contributed by atoms with E-state index < -0.39 is 49.1 Å². The number of hydrogen-bond donors (Lipinski definition) is 0. The third-order valence-electron chi connectivity index (χ3n) is 2.71. The van der Waals surface area contributed by atoms with Gasteiger partial charge in [0.05, 0.1) is 13.2 Å². The van der Waals surface area contributed by atoms with Gasteiger partial charge in [-0.25, -0.2) is 0 Å². The van der Waals surface area contributed by atoms with Crippen molar-refractivity contribution in [2.75, 3.05) is 13.2 Å². The van der Waals surface area contributed by atoms with Crippen LogP contribution in [0.15, 0.2) is 0 Å². The molecular formula is C8H6F8O2. The molecule has 10 heteroatoms. The molecule has 2 rings (SSSR count). The standard InChI is InChI=1S/C8H6F8O2/c9-5(10,3-1-17-3)7(13,14)8(15,16)6(11,12)4-2-18-4/h3-4H,1-2H2. The van der Waals surface area contributed by atoms with Crippen molar-refractivity contribution in [3.8, 4) is 0 Å². The molecule has 2 heterocycles. The second-order valence-electron chi connectivity index (χ2n) is 4.04. The molecule has 2 aliphatic rings. The van der Waals surface area contributed by atoms with Crippen LogP contribution in [0.5, 0.6) is 0 Å². The van der Waals surface area contributed by atoms with Gasteiger partial charge in [-0.15, -0.1) is 0 Å². The highest BCUT2D eigenvalue weighted by molar-refractivity contribution is 5.11. The summed E-state index contributed by atoms with van der Waals surface area (Å²) in [6.07, 6.45) is -4.96. The summed E-state index contributed by atoms with van der Waals surface area (Å²) in [5.74, 6) is -23.2. The predicted octanol–water partition coefficient (Wildman–Crippen LogP) is 2.33. The highest BCUT2D eigenvalue weighted by Gasteiger charge is 2.85. The largest absolute Gasteiger partial charge is 0.381 e. The maximum absolute atomic E-state index is 13.0. The average molecular weight is 286 g/mol. The molecule has 106 valence electrons. The van der Waals surface area contributed by atoms with Crippen molar-refractivity contribution in [1.82, 2.24) is 0 Å². The Morgan fingerprint density at radius 3 is 1.00 bits per heavy atom. The quantitative estimate of drug-likeness (QED) is 0.572. The minimum absolute atomic E-state index is 0.885. The van der Waals surface area contributed by atoms with Crippen LogP contribution < -0.4 is 0 Å². The highest BCUT2D eigenvalue weighted by Crippen LogP contribution is 2.57. The van der Waals surface area contributed by atoms with Crippen LogP contribution in [0.4, 0.5) is 35.1 Å². The molecule has 18 heavy (non-hydrogen) atoms. The topological polar surface area (TPSA) is 25.1 Å². The normalized spacial score (nSPS) is 29.3. The lowest BCUT2D eigenvalue weighted by Gasteiger charge is -2.35. The van der Waals surface area contributed by atoms with Gasteiger partial charge in [0.2, 0.25) is 0 Å². The Morgan fingerprint density at radius 2 is 0.833 bits per heavy atom. The van der Waals surface area contributed by atoms with E-state index in [9.17, 15) is 35.1 Å². The molecule has 0 aromatic rings. The van der Waals surface area contributed by atoms with Crippen LogP contribution in [0.25, 0.3) is 0 Å². The van der Waals surface area contributed by atoms with E-state index in [2.05, 4.69) is 9.47 Å². The van der Waals surface area contributed by atoms with E-state index in [4.69, 9.17) is 0 Å². The van der Waals surface area contributed by atoms with Crippen molar-refractivity contribution in [1.29, 1.82) is 0 Å². The zero-order chi connectivity index (χ0) is 14.0. The van der Waals surface area contributed by atoms with E-state index in [-0.39, 0.29) is 0 Å². The van der Waals surface area contributed by atoms with Crippen molar-refractivity contribution < 1.29 is 44.6 Å². The van der Waals surface area contributed by atoms with E-state index in [1.54, 1.807) is 0 Å². The molecule has 0 saturated carbocycles. The van der Waals surface area contributed by atoms with Crippen LogP contribution in [-0.2, 0) is 9.47 Å². The lowest BCUT2D eigenvalue weighted by molar-refractivity contribution is -0.371. The van der Waals surface area contributed by atoms with Gasteiger partial charge in [0, 0.05) is 0 Å². The summed E-state index contributed by atoms with van der Waals surface area (Å²) < 4.78 is 112. The van der Waals surface area contributed by atoms with Gasteiger partial charge >= 0.3 is 23.7 Å². The van der Waals surface area contributed by atoms with Crippen LogP contribution in [0.2, 0.25) is 0 Å². The van der Waals surface area contributed by atoms with Gasteiger partial charge in [0.1, 0.15) is 0 Å². The number of rotatable bonds is 5. The van der Waals surface area contributed by atoms with Gasteiger partial charge in [0.25, 0.3) is 0 Å². The van der Waals surface area contributed by atoms with Crippen molar-refractivity contribution in [3.05, 3.63) is 0 Å². The monoisotopic (exact) mass is 286 g/mol. The third-order valence-corrected chi connectivity index (χ3v) is 2.71. The van der Waals surface area contributed by atoms with E-state index in [0.29, 0.717) is 0 Å². The molecule has 2 atom stereocenters. The molecule has 0 N–H and O–H groups in total. The molecule has 2 unspecified atom stereocenters. The summed E-state index contributed by atoms with van der Waals surface area (Å²) in [4.78, 5) is 0. The Morgan fingerprint density at radius 1 is 0.611 bits per heavy atom. The number of halogens is 8. The van der Waals surface area contributed by atoms with Crippen molar-refractivity contribution in [3.63, 3.8) is 0 Å². The number of epoxide rings is 2. The zero-order valence-electron chi connectivity index (χ0n) is 8.41. The highest BCUT2D eigenvalue weighted by atomic mass is 19.4. The van der Waals surface area contributed by atoms with Gasteiger partial charge < -0.3 is 9.47 Å². The van der Waals surface area contributed by atoms with Gasteiger partial charge in [-0.2, -0.15) is 35.1 Å². The average Bonchev–Trinajstić information content (AvgIpc) is 3.04. The third kappa shape index (κ3) is 1.61. The van der Waals surface area contributed by atoms with E-state index in [1.807, 2.05) is 0 Å². The molecular weight excluding hydrogens is 280 g/mol. The zero-order valence-corrected chi connectivity index (χ0v) is 8.41. The Labute approximate surface area is 94.8 Å². The predicted molar refractivity (Wildman–Crippen MR) is 39.3 cm³/mol. The maximum Gasteiger partial charge on any atom is 0.381 e. The van der Waals surface area contributed by atoms with Crippen LogP contribution in [-0.4, -0.2) is 49.1 Å². The maximum atomic E-state index is 13.0. The summed E-state index contributed by atoms with van der Waals surface area (Å²) in [6, 6.07) is 0. The van der Waals surface area contributed by atoms with Crippen LogP contribution in [0.3, 0.4) is 0 Å². The first-order valence-corrected chi connectivity index (χ1v) is 4.70. The fourth-order valence-electron chi connectivity index (χ4n) is 1.34. The van der Waals surface area contributed by atoms with Gasteiger partial charge in [-0.3, -0.25) is 0 Å². The molecule has 0 spiro atoms. The lowest BCUT2D eigenvalue weighted by atomic mass is 9.95. The van der Waals surface area contributed by atoms with Crippen LogP contribution in [0.1, 0.15) is 0 Å². The van der Waals surface area contributed by atoms with E-state index in [1.165, 1.54) is 0 Å². The van der Waals surface area contributed by atoms with Crippen molar-refractivity contribution in [2.24, 2.45) is 0 Å². The first kappa shape index (κ1) is 13.8. The first-order chi connectivity index (χ1) is 7.96. The molecule has 2 nitrogen and oxygen atoms in total. The van der Waals surface area contributed by atoms with Crippen molar-refractivity contribution >= 4 is 0 Å². The van der Waals surface area contributed by atoms with Gasteiger partial charge in [-0.05, 0) is 0 Å². The molecule has 0 amide bonds. The number of hydrogen-bond acceptors (Lipinski definition) is 2. The summed E-state index contributed by atoms with van der Waals surface area (Å²) >= 11 is 0. The summed E-state index contributed by atoms with van der Waals surface area (Å²) in [7, 11) is 0. The Kier molecular flexibility index (Phi) is 2.66. The first-order valence-electron chi connectivity index (χ1n) is 4.70. The number of alkyl halides is 8. The Hall–Kier alpha value is -0.640. The smallest absolute Gasteiger partial charge is 0.366 e. The van der Waals surface area contributed by atoms with E-state index in [0.717, 1.165) is 0 Å². The summed E-state index contributed by atoms with van der Waals surface area (Å²) in [5, 5.41) is 0. The molecule has 0 aliphatic carbocycles. The molecule has 0 bridgehead atoms. The molecule has 0 aromatic carbocycles. The minimum Gasteiger partial charge on any atom is -0.366 e. The fraction of sp³-hybridized carbons (Fsp3) is 1.00. The second kappa shape index (κ2) is 3.47. The van der Waals surface area contributed by atoms with Gasteiger partial charge in [-0.1, -0.05) is 0 Å². The summed E-state index contributed by atoms with van der Waals surface area (Å²) in [5.41, 5.74) is 0. The molecule has 0 radical (unpaired) electrons. The SMILES string of the molecule is FC(F)(C1CO1)C(F)(F)C(F)(F)C(F)(F)C1CO1. The lowest BCUT2D eigenvalue weighted by Crippen LogP contribution is -2.65. The van der Waals surface area contributed by atoms with Gasteiger partial charge in [0.15, 0.2) is 12.2 Å².